The molecule has 1 aromatic heterocycles. The number of sulfone groups is 1. The first-order chi connectivity index (χ1) is 14.7. The van der Waals surface area contributed by atoms with E-state index in [9.17, 15) is 22.9 Å². The van der Waals surface area contributed by atoms with Crippen LogP contribution in [0, 0.1) is 15.9 Å². The molecular weight excluding hydrogens is 429 g/mol. The molecule has 0 saturated heterocycles. The van der Waals surface area contributed by atoms with E-state index < -0.39 is 14.8 Å². The quantitative estimate of drug-likeness (QED) is 0.288. The molecular formula is C19H18FN5O5S. The molecule has 0 atom stereocenters. The zero-order chi connectivity index (χ0) is 22.4. The number of aromatic nitrogens is 2. The van der Waals surface area contributed by atoms with Gasteiger partial charge in [-0.15, -0.1) is 0 Å². The van der Waals surface area contributed by atoms with Crippen LogP contribution in [0.15, 0.2) is 59.6 Å². The minimum atomic E-state index is -3.56. The van der Waals surface area contributed by atoms with Crippen LogP contribution >= 0.6 is 0 Å². The predicted molar refractivity (Wildman–Crippen MR) is 112 cm³/mol. The van der Waals surface area contributed by atoms with Crippen LogP contribution in [0.2, 0.25) is 0 Å². The number of anilines is 2. The van der Waals surface area contributed by atoms with E-state index in [1.54, 1.807) is 6.07 Å². The fourth-order valence-corrected chi connectivity index (χ4v) is 3.16. The summed E-state index contributed by atoms with van der Waals surface area (Å²) in [5.41, 5.74) is -0.151. The van der Waals surface area contributed by atoms with Crippen LogP contribution in [-0.4, -0.2) is 42.7 Å². The monoisotopic (exact) mass is 447 g/mol. The highest BCUT2D eigenvalue weighted by Gasteiger charge is 2.18. The summed E-state index contributed by atoms with van der Waals surface area (Å²) in [4.78, 5) is 18.7. The topological polar surface area (TPSA) is 136 Å². The van der Waals surface area contributed by atoms with E-state index >= 15 is 0 Å². The van der Waals surface area contributed by atoms with E-state index in [0.29, 0.717) is 12.3 Å². The zero-order valence-electron chi connectivity index (χ0n) is 16.3. The van der Waals surface area contributed by atoms with Crippen molar-refractivity contribution < 1.29 is 22.5 Å². The molecule has 2 N–H and O–H groups in total. The van der Waals surface area contributed by atoms with Gasteiger partial charge in [0.2, 0.25) is 11.8 Å². The first-order valence-corrected chi connectivity index (χ1v) is 10.8. The SMILES string of the molecule is CS(=O)(=O)c1ccc(NCCNc2nccc(Oc3ccc(F)cc3)n2)c([N+](=O)[O-])c1. The lowest BCUT2D eigenvalue weighted by atomic mass is 10.2. The molecule has 0 spiro atoms. The van der Waals surface area contributed by atoms with E-state index in [1.807, 2.05) is 0 Å². The molecule has 2 aromatic carbocycles. The Morgan fingerprint density at radius 2 is 1.81 bits per heavy atom. The Hall–Kier alpha value is -3.80. The van der Waals surface area contributed by atoms with Gasteiger partial charge in [0.05, 0.1) is 9.82 Å². The molecule has 10 nitrogen and oxygen atoms in total. The van der Waals surface area contributed by atoms with Crippen molar-refractivity contribution >= 4 is 27.2 Å². The van der Waals surface area contributed by atoms with Crippen molar-refractivity contribution in [3.05, 3.63) is 70.7 Å². The first kappa shape index (κ1) is 21.9. The summed E-state index contributed by atoms with van der Waals surface area (Å²) in [7, 11) is -3.56. The number of halogens is 1. The van der Waals surface area contributed by atoms with Crippen molar-refractivity contribution in [3.8, 4) is 11.6 Å². The molecule has 0 aliphatic carbocycles. The normalized spacial score (nSPS) is 11.0. The van der Waals surface area contributed by atoms with E-state index in [4.69, 9.17) is 4.74 Å². The molecule has 31 heavy (non-hydrogen) atoms. The summed E-state index contributed by atoms with van der Waals surface area (Å²) in [5, 5.41) is 17.1. The molecule has 0 fully saturated rings. The number of hydrogen-bond donors (Lipinski definition) is 2. The lowest BCUT2D eigenvalue weighted by molar-refractivity contribution is -0.384. The van der Waals surface area contributed by atoms with Crippen LogP contribution in [0.5, 0.6) is 11.6 Å². The summed E-state index contributed by atoms with van der Waals surface area (Å²) in [6.07, 6.45) is 2.47. The summed E-state index contributed by atoms with van der Waals surface area (Å²) in [5.74, 6) is 0.557. The third-order valence-corrected chi connectivity index (χ3v) is 5.09. The zero-order valence-corrected chi connectivity index (χ0v) is 17.1. The summed E-state index contributed by atoms with van der Waals surface area (Å²) in [6.45, 7) is 0.580. The summed E-state index contributed by atoms with van der Waals surface area (Å²) < 4.78 is 41.7. The van der Waals surface area contributed by atoms with Crippen molar-refractivity contribution in [2.75, 3.05) is 30.0 Å². The minimum Gasteiger partial charge on any atom is -0.439 e. The van der Waals surface area contributed by atoms with Crippen LogP contribution in [0.3, 0.4) is 0 Å². The van der Waals surface area contributed by atoms with E-state index in [-0.39, 0.29) is 40.5 Å². The maximum atomic E-state index is 13.0. The van der Waals surface area contributed by atoms with Gasteiger partial charge in [0.15, 0.2) is 9.84 Å². The maximum Gasteiger partial charge on any atom is 0.293 e. The van der Waals surface area contributed by atoms with Gasteiger partial charge in [0.1, 0.15) is 17.3 Å². The Kier molecular flexibility index (Phi) is 6.60. The van der Waals surface area contributed by atoms with Gasteiger partial charge >= 0.3 is 0 Å². The van der Waals surface area contributed by atoms with Crippen molar-refractivity contribution in [2.45, 2.75) is 4.90 Å². The van der Waals surface area contributed by atoms with E-state index in [2.05, 4.69) is 20.6 Å². The molecule has 3 rings (SSSR count). The fourth-order valence-electron chi connectivity index (χ4n) is 2.52. The Morgan fingerprint density at radius 3 is 2.48 bits per heavy atom. The predicted octanol–water partition coefficient (Wildman–Crippen LogP) is 3.24. The molecule has 0 amide bonds. The Labute approximate surface area is 177 Å². The lowest BCUT2D eigenvalue weighted by Gasteiger charge is -2.10. The number of hydrogen-bond acceptors (Lipinski definition) is 9. The highest BCUT2D eigenvalue weighted by atomic mass is 32.2. The second-order valence-corrected chi connectivity index (χ2v) is 8.35. The van der Waals surface area contributed by atoms with Crippen molar-refractivity contribution in [1.29, 1.82) is 0 Å². The first-order valence-electron chi connectivity index (χ1n) is 8.95. The van der Waals surface area contributed by atoms with Crippen LogP contribution < -0.4 is 15.4 Å². The van der Waals surface area contributed by atoms with Gasteiger partial charge in [-0.3, -0.25) is 10.1 Å². The molecule has 162 valence electrons. The lowest BCUT2D eigenvalue weighted by Crippen LogP contribution is -2.16. The van der Waals surface area contributed by atoms with E-state index in [1.165, 1.54) is 42.6 Å². The number of nitro benzene ring substituents is 1. The number of benzene rings is 2. The van der Waals surface area contributed by atoms with Gasteiger partial charge in [-0.05, 0) is 36.4 Å². The minimum absolute atomic E-state index is 0.130. The molecule has 0 unspecified atom stereocenters. The van der Waals surface area contributed by atoms with Crippen LogP contribution in [0.4, 0.5) is 21.7 Å². The van der Waals surface area contributed by atoms with Crippen LogP contribution in [0.1, 0.15) is 0 Å². The average molecular weight is 447 g/mol. The van der Waals surface area contributed by atoms with Crippen LogP contribution in [-0.2, 0) is 9.84 Å². The molecule has 0 aliphatic heterocycles. The highest BCUT2D eigenvalue weighted by molar-refractivity contribution is 7.90. The third kappa shape index (κ3) is 6.09. The van der Waals surface area contributed by atoms with Gasteiger partial charge in [0, 0.05) is 37.7 Å². The number of nitro groups is 1. The standard InChI is InChI=1S/C19H18FN5O5S/c1-31(28,29)15-6-7-16(17(12-15)25(26)27)21-10-11-23-19-22-9-8-18(24-19)30-14-4-2-13(20)3-5-14/h2-9,12,21H,10-11H2,1H3,(H,22,23,24). The number of nitrogens with one attached hydrogen (secondary N) is 2. The molecule has 3 aromatic rings. The molecule has 12 heteroatoms. The van der Waals surface area contributed by atoms with Crippen LogP contribution in [0.25, 0.3) is 0 Å². The second kappa shape index (κ2) is 9.34. The van der Waals surface area contributed by atoms with Gasteiger partial charge in [-0.2, -0.15) is 4.98 Å². The molecule has 0 saturated carbocycles. The van der Waals surface area contributed by atoms with Crippen molar-refractivity contribution in [1.82, 2.24) is 9.97 Å². The second-order valence-electron chi connectivity index (χ2n) is 6.34. The molecule has 0 bridgehead atoms. The van der Waals surface area contributed by atoms with Gasteiger partial charge in [0.25, 0.3) is 5.69 Å². The number of ether oxygens (including phenoxy) is 1. The molecule has 1 heterocycles. The Morgan fingerprint density at radius 1 is 1.10 bits per heavy atom. The Balaban J connectivity index is 1.58. The van der Waals surface area contributed by atoms with Gasteiger partial charge < -0.3 is 15.4 Å². The fraction of sp³-hybridized carbons (Fsp3) is 0.158. The highest BCUT2D eigenvalue weighted by Crippen LogP contribution is 2.27. The summed E-state index contributed by atoms with van der Waals surface area (Å²) in [6, 6.07) is 10.7. The number of rotatable bonds is 9. The smallest absolute Gasteiger partial charge is 0.293 e. The van der Waals surface area contributed by atoms with Gasteiger partial charge in [-0.25, -0.2) is 17.8 Å². The van der Waals surface area contributed by atoms with Gasteiger partial charge in [-0.1, -0.05) is 0 Å². The van der Waals surface area contributed by atoms with Crippen molar-refractivity contribution in [2.24, 2.45) is 0 Å². The van der Waals surface area contributed by atoms with E-state index in [0.717, 1.165) is 12.3 Å². The molecule has 0 aliphatic rings. The van der Waals surface area contributed by atoms with Crippen molar-refractivity contribution in [3.63, 3.8) is 0 Å². The maximum absolute atomic E-state index is 13.0. The Bertz CT molecular complexity index is 1190. The average Bonchev–Trinajstić information content (AvgIpc) is 2.72. The summed E-state index contributed by atoms with van der Waals surface area (Å²) >= 11 is 0. The number of nitrogens with zero attached hydrogens (tertiary/aromatic N) is 3. The third-order valence-electron chi connectivity index (χ3n) is 3.98. The largest absolute Gasteiger partial charge is 0.439 e. The molecule has 0 radical (unpaired) electrons.